The number of halogens is 3. The van der Waals surface area contributed by atoms with Crippen LogP contribution < -0.4 is 0 Å². The molecule has 0 atom stereocenters. The number of sulfonamides is 1. The predicted octanol–water partition coefficient (Wildman–Crippen LogP) is 2.15. The minimum atomic E-state index is -4.39. The van der Waals surface area contributed by atoms with Crippen molar-refractivity contribution in [3.05, 3.63) is 29.8 Å². The third-order valence-electron chi connectivity index (χ3n) is 2.72. The summed E-state index contributed by atoms with van der Waals surface area (Å²) in [6.45, 7) is -1.51. The van der Waals surface area contributed by atoms with Gasteiger partial charge < -0.3 is 4.74 Å². The SMILES string of the molecule is CN(CCCOCC(F)(F)F)S(=O)(=O)c1ccc(C#N)cc1. The Hall–Kier alpha value is -1.63. The van der Waals surface area contributed by atoms with Gasteiger partial charge in [0.1, 0.15) is 6.61 Å². The van der Waals surface area contributed by atoms with Gasteiger partial charge in [0, 0.05) is 20.2 Å². The highest BCUT2D eigenvalue weighted by Crippen LogP contribution is 2.16. The van der Waals surface area contributed by atoms with Crippen LogP contribution in [0, 0.1) is 11.3 Å². The third-order valence-corrected chi connectivity index (χ3v) is 4.59. The van der Waals surface area contributed by atoms with Gasteiger partial charge >= 0.3 is 6.18 Å². The van der Waals surface area contributed by atoms with Crippen LogP contribution in [-0.4, -0.2) is 45.7 Å². The third kappa shape index (κ3) is 5.63. The largest absolute Gasteiger partial charge is 0.411 e. The maximum atomic E-state index is 12.2. The standard InChI is InChI=1S/C13H15F3N2O3S/c1-18(7-2-8-21-10-13(14,15)16)22(19,20)12-5-3-11(9-17)4-6-12/h3-6H,2,7-8,10H2,1H3. The highest BCUT2D eigenvalue weighted by Gasteiger charge is 2.27. The molecule has 1 aromatic rings. The number of nitrogens with zero attached hydrogens (tertiary/aromatic N) is 2. The molecular formula is C13H15F3N2O3S. The Morgan fingerprint density at radius 3 is 2.36 bits per heavy atom. The van der Waals surface area contributed by atoms with Crippen LogP contribution in [-0.2, 0) is 14.8 Å². The Balaban J connectivity index is 2.52. The van der Waals surface area contributed by atoms with Crippen molar-refractivity contribution in [1.29, 1.82) is 5.26 Å². The van der Waals surface area contributed by atoms with Crippen molar-refractivity contribution in [2.24, 2.45) is 0 Å². The van der Waals surface area contributed by atoms with E-state index in [9.17, 15) is 21.6 Å². The lowest BCUT2D eigenvalue weighted by Crippen LogP contribution is -2.29. The second-order valence-corrected chi connectivity index (χ2v) is 6.53. The molecule has 0 heterocycles. The summed E-state index contributed by atoms with van der Waals surface area (Å²) in [4.78, 5) is 0.0187. The maximum Gasteiger partial charge on any atom is 0.411 e. The molecule has 0 saturated heterocycles. The summed E-state index contributed by atoms with van der Waals surface area (Å²) in [6.07, 6.45) is -4.25. The molecule has 0 unspecified atom stereocenters. The van der Waals surface area contributed by atoms with Crippen LogP contribution in [0.15, 0.2) is 29.2 Å². The molecule has 0 N–H and O–H groups in total. The average molecular weight is 336 g/mol. The Morgan fingerprint density at radius 2 is 1.86 bits per heavy atom. The fraction of sp³-hybridized carbons (Fsp3) is 0.462. The first kappa shape index (κ1) is 18.4. The van der Waals surface area contributed by atoms with Gasteiger partial charge in [-0.2, -0.15) is 18.4 Å². The van der Waals surface area contributed by atoms with Crippen molar-refractivity contribution < 1.29 is 26.3 Å². The summed E-state index contributed by atoms with van der Waals surface area (Å²) in [5, 5.41) is 8.66. The fourth-order valence-electron chi connectivity index (χ4n) is 1.58. The van der Waals surface area contributed by atoms with Gasteiger partial charge in [0.25, 0.3) is 0 Å². The normalized spacial score (nSPS) is 12.4. The lowest BCUT2D eigenvalue weighted by Gasteiger charge is -2.17. The van der Waals surface area contributed by atoms with Crippen LogP contribution in [0.4, 0.5) is 13.2 Å². The molecule has 0 radical (unpaired) electrons. The van der Waals surface area contributed by atoms with Crippen molar-refractivity contribution in [3.8, 4) is 6.07 Å². The van der Waals surface area contributed by atoms with E-state index in [1.54, 1.807) is 0 Å². The number of benzene rings is 1. The summed E-state index contributed by atoms with van der Waals surface area (Å²) in [6, 6.07) is 7.26. The number of hydrogen-bond acceptors (Lipinski definition) is 4. The van der Waals surface area contributed by atoms with E-state index in [1.807, 2.05) is 6.07 Å². The molecule has 1 rings (SSSR count). The molecule has 0 spiro atoms. The van der Waals surface area contributed by atoms with Gasteiger partial charge in [0.2, 0.25) is 10.0 Å². The number of ether oxygens (including phenoxy) is 1. The number of nitriles is 1. The maximum absolute atomic E-state index is 12.2. The molecule has 9 heteroatoms. The van der Waals surface area contributed by atoms with Crippen LogP contribution in [0.25, 0.3) is 0 Å². The first-order chi connectivity index (χ1) is 10.2. The lowest BCUT2D eigenvalue weighted by molar-refractivity contribution is -0.174. The minimum Gasteiger partial charge on any atom is -0.372 e. The van der Waals surface area contributed by atoms with Gasteiger partial charge in [-0.15, -0.1) is 0 Å². The molecule has 5 nitrogen and oxygen atoms in total. The van der Waals surface area contributed by atoms with Crippen molar-refractivity contribution in [2.75, 3.05) is 26.8 Å². The van der Waals surface area contributed by atoms with E-state index in [-0.39, 0.29) is 24.5 Å². The molecule has 0 aliphatic carbocycles. The zero-order valence-corrected chi connectivity index (χ0v) is 12.6. The zero-order valence-electron chi connectivity index (χ0n) is 11.8. The highest BCUT2D eigenvalue weighted by molar-refractivity contribution is 7.89. The molecule has 122 valence electrons. The molecule has 0 aliphatic heterocycles. The fourth-order valence-corrected chi connectivity index (χ4v) is 2.79. The molecule has 0 aromatic heterocycles. The zero-order chi connectivity index (χ0) is 16.8. The summed E-state index contributed by atoms with van der Waals surface area (Å²) >= 11 is 0. The average Bonchev–Trinajstić information content (AvgIpc) is 2.45. The van der Waals surface area contributed by atoms with Crippen molar-refractivity contribution in [1.82, 2.24) is 4.31 Å². The molecule has 0 fully saturated rings. The molecular weight excluding hydrogens is 321 g/mol. The van der Waals surface area contributed by atoms with Crippen LogP contribution in [0.2, 0.25) is 0 Å². The Morgan fingerprint density at radius 1 is 1.27 bits per heavy atom. The van der Waals surface area contributed by atoms with E-state index in [2.05, 4.69) is 4.74 Å². The van der Waals surface area contributed by atoms with Crippen LogP contribution in [0.5, 0.6) is 0 Å². The van der Waals surface area contributed by atoms with E-state index in [4.69, 9.17) is 5.26 Å². The van der Waals surface area contributed by atoms with Crippen LogP contribution in [0.3, 0.4) is 0 Å². The monoisotopic (exact) mass is 336 g/mol. The quantitative estimate of drug-likeness (QED) is 0.715. The molecule has 0 aliphatic rings. The molecule has 1 aromatic carbocycles. The van der Waals surface area contributed by atoms with E-state index in [0.717, 1.165) is 4.31 Å². The summed E-state index contributed by atoms with van der Waals surface area (Å²) in [5.74, 6) is 0. The lowest BCUT2D eigenvalue weighted by atomic mass is 10.2. The second-order valence-electron chi connectivity index (χ2n) is 4.48. The van der Waals surface area contributed by atoms with Gasteiger partial charge in [0.15, 0.2) is 0 Å². The van der Waals surface area contributed by atoms with Crippen molar-refractivity contribution in [3.63, 3.8) is 0 Å². The van der Waals surface area contributed by atoms with E-state index < -0.39 is 22.8 Å². The number of hydrogen-bond donors (Lipinski definition) is 0. The van der Waals surface area contributed by atoms with E-state index >= 15 is 0 Å². The molecule has 22 heavy (non-hydrogen) atoms. The Kier molecular flexibility index (Phi) is 6.34. The van der Waals surface area contributed by atoms with Gasteiger partial charge in [0.05, 0.1) is 16.5 Å². The Labute approximate surface area is 127 Å². The van der Waals surface area contributed by atoms with Gasteiger partial charge in [-0.05, 0) is 30.7 Å². The summed E-state index contributed by atoms with van der Waals surface area (Å²) in [5.41, 5.74) is 0.335. The van der Waals surface area contributed by atoms with Crippen LogP contribution >= 0.6 is 0 Å². The minimum absolute atomic E-state index is 0.0187. The van der Waals surface area contributed by atoms with Crippen molar-refractivity contribution >= 4 is 10.0 Å². The summed E-state index contributed by atoms with van der Waals surface area (Å²) < 4.78 is 65.4. The van der Waals surface area contributed by atoms with Gasteiger partial charge in [-0.25, -0.2) is 12.7 Å². The van der Waals surface area contributed by atoms with Crippen molar-refractivity contribution in [2.45, 2.75) is 17.5 Å². The number of alkyl halides is 3. The number of rotatable bonds is 7. The van der Waals surface area contributed by atoms with Gasteiger partial charge in [-0.1, -0.05) is 0 Å². The topological polar surface area (TPSA) is 70.4 Å². The highest BCUT2D eigenvalue weighted by atomic mass is 32.2. The second kappa shape index (κ2) is 7.58. The van der Waals surface area contributed by atoms with E-state index in [1.165, 1.54) is 31.3 Å². The smallest absolute Gasteiger partial charge is 0.372 e. The molecule has 0 bridgehead atoms. The Bertz CT molecular complexity index is 621. The van der Waals surface area contributed by atoms with Gasteiger partial charge in [-0.3, -0.25) is 0 Å². The molecule has 0 saturated carbocycles. The first-order valence-corrected chi connectivity index (χ1v) is 7.72. The predicted molar refractivity (Wildman–Crippen MR) is 72.5 cm³/mol. The first-order valence-electron chi connectivity index (χ1n) is 6.28. The summed E-state index contributed by atoms with van der Waals surface area (Å²) in [7, 11) is -2.40. The van der Waals surface area contributed by atoms with Crippen LogP contribution in [0.1, 0.15) is 12.0 Å². The molecule has 0 amide bonds. The van der Waals surface area contributed by atoms with E-state index in [0.29, 0.717) is 5.56 Å².